The normalized spacial score (nSPS) is 19.7. The maximum Gasteiger partial charge on any atom is 0.264 e. The summed E-state index contributed by atoms with van der Waals surface area (Å²) < 4.78 is 1.62. The molecule has 3 amide bonds. The smallest absolute Gasteiger partial charge is 0.264 e. The van der Waals surface area contributed by atoms with Crippen LogP contribution in [0.3, 0.4) is 0 Å². The van der Waals surface area contributed by atoms with Gasteiger partial charge >= 0.3 is 0 Å². The molecule has 0 bridgehead atoms. The maximum absolute atomic E-state index is 13.6. The summed E-state index contributed by atoms with van der Waals surface area (Å²) in [4.78, 5) is 44.5. The van der Waals surface area contributed by atoms with Gasteiger partial charge in [0.1, 0.15) is 11.9 Å². The molecule has 1 saturated heterocycles. The summed E-state index contributed by atoms with van der Waals surface area (Å²) in [5.74, 6) is -0.430. The summed E-state index contributed by atoms with van der Waals surface area (Å²) in [5.41, 5.74) is 4.47. The minimum absolute atomic E-state index is 0.0431. The number of nitrogens with zero attached hydrogens (tertiary/aromatic N) is 5. The first-order valence-electron chi connectivity index (χ1n) is 13.6. The minimum Gasteiger partial charge on any atom is -0.340 e. The number of hydrazine groups is 1. The Hall–Kier alpha value is -4.05. The SMILES string of the molecule is Cc1cncc(-c2cc(NC(=O)C[C@H](C(=O)N[C@@H]3C(=O)N4CCCN4Cc4ccccc43)C3CC3)n(C)n2)c1. The molecule has 1 aliphatic carbocycles. The van der Waals surface area contributed by atoms with E-state index in [4.69, 9.17) is 0 Å². The average Bonchev–Trinajstić information content (AvgIpc) is 3.57. The lowest BCUT2D eigenvalue weighted by Gasteiger charge is -2.28. The number of carbonyl (C=O) groups excluding carboxylic acids is 3. The molecule has 2 aliphatic heterocycles. The van der Waals surface area contributed by atoms with E-state index in [2.05, 4.69) is 25.7 Å². The lowest BCUT2D eigenvalue weighted by Crippen LogP contribution is -2.47. The molecule has 39 heavy (non-hydrogen) atoms. The first-order valence-corrected chi connectivity index (χ1v) is 13.6. The first kappa shape index (κ1) is 25.2. The van der Waals surface area contributed by atoms with E-state index in [1.165, 1.54) is 0 Å². The minimum atomic E-state index is -0.760. The lowest BCUT2D eigenvalue weighted by molar-refractivity contribution is -0.148. The highest BCUT2D eigenvalue weighted by molar-refractivity contribution is 5.96. The molecule has 2 fully saturated rings. The predicted octanol–water partition coefficient (Wildman–Crippen LogP) is 2.97. The second-order valence-corrected chi connectivity index (χ2v) is 10.8. The molecule has 3 aromatic rings. The van der Waals surface area contributed by atoms with Crippen LogP contribution < -0.4 is 10.6 Å². The van der Waals surface area contributed by atoms with Gasteiger partial charge in [-0.2, -0.15) is 5.10 Å². The molecule has 1 aromatic carbocycles. The van der Waals surface area contributed by atoms with Gasteiger partial charge in [-0.3, -0.25) is 29.1 Å². The van der Waals surface area contributed by atoms with Crippen molar-refractivity contribution >= 4 is 23.5 Å². The van der Waals surface area contributed by atoms with Gasteiger partial charge < -0.3 is 10.6 Å². The second kappa shape index (κ2) is 10.3. The number of pyridine rings is 1. The number of benzene rings is 1. The van der Waals surface area contributed by atoms with Gasteiger partial charge in [-0.25, -0.2) is 5.01 Å². The van der Waals surface area contributed by atoms with Gasteiger partial charge in [0.2, 0.25) is 11.8 Å². The number of hydrogen-bond donors (Lipinski definition) is 2. The van der Waals surface area contributed by atoms with E-state index in [0.717, 1.165) is 48.1 Å². The number of aryl methyl sites for hydroxylation is 2. The van der Waals surface area contributed by atoms with Gasteiger partial charge in [-0.1, -0.05) is 24.3 Å². The van der Waals surface area contributed by atoms with Crippen molar-refractivity contribution in [1.29, 1.82) is 0 Å². The van der Waals surface area contributed by atoms with E-state index in [-0.39, 0.29) is 30.1 Å². The Morgan fingerprint density at radius 1 is 1.13 bits per heavy atom. The quantitative estimate of drug-likeness (QED) is 0.489. The van der Waals surface area contributed by atoms with Crippen molar-refractivity contribution in [3.8, 4) is 11.3 Å². The Bertz CT molecular complexity index is 1430. The molecule has 10 heteroatoms. The van der Waals surface area contributed by atoms with Crippen LogP contribution in [0.15, 0.2) is 48.8 Å². The standard InChI is InChI=1S/C29H33N7O3/c1-18-12-21(16-30-15-18)24-14-25(34(2)33-24)31-26(37)13-23(19-8-9-19)28(38)32-27-22-7-4-3-6-20(22)17-35-10-5-11-36(35)29(27)39/h3-4,6-7,12,14-16,19,23,27H,5,8-11,13,17H2,1-2H3,(H,31,37)(H,32,38)/t23-,27-/m0/s1. The highest BCUT2D eigenvalue weighted by atomic mass is 16.2. The van der Waals surface area contributed by atoms with Gasteiger partial charge in [-0.05, 0) is 54.9 Å². The molecule has 0 unspecified atom stereocenters. The summed E-state index contributed by atoms with van der Waals surface area (Å²) in [7, 11) is 1.77. The van der Waals surface area contributed by atoms with Crippen LogP contribution in [0.4, 0.5) is 5.82 Å². The monoisotopic (exact) mass is 527 g/mol. The molecule has 1 saturated carbocycles. The molecule has 0 radical (unpaired) electrons. The van der Waals surface area contributed by atoms with E-state index in [1.807, 2.05) is 43.3 Å². The summed E-state index contributed by atoms with van der Waals surface area (Å²) in [5, 5.41) is 14.3. The van der Waals surface area contributed by atoms with E-state index in [0.29, 0.717) is 24.6 Å². The van der Waals surface area contributed by atoms with Gasteiger partial charge in [0.05, 0.1) is 5.69 Å². The molecule has 4 heterocycles. The molecule has 3 aliphatic rings. The van der Waals surface area contributed by atoms with Crippen LogP contribution in [-0.4, -0.2) is 55.6 Å². The Morgan fingerprint density at radius 2 is 1.95 bits per heavy atom. The van der Waals surface area contributed by atoms with Crippen LogP contribution in [0.2, 0.25) is 0 Å². The van der Waals surface area contributed by atoms with Crippen LogP contribution in [0, 0.1) is 18.8 Å². The second-order valence-electron chi connectivity index (χ2n) is 10.8. The molecule has 2 aromatic heterocycles. The third-order valence-electron chi connectivity index (χ3n) is 7.89. The Labute approximate surface area is 227 Å². The number of anilines is 1. The summed E-state index contributed by atoms with van der Waals surface area (Å²) in [6.45, 7) is 4.09. The van der Waals surface area contributed by atoms with Gasteiger partial charge in [0, 0.05) is 63.0 Å². The van der Waals surface area contributed by atoms with E-state index >= 15 is 0 Å². The largest absolute Gasteiger partial charge is 0.340 e. The van der Waals surface area contributed by atoms with Crippen molar-refractivity contribution in [2.75, 3.05) is 18.4 Å². The molecule has 6 rings (SSSR count). The highest BCUT2D eigenvalue weighted by Crippen LogP contribution is 2.40. The fraction of sp³-hybridized carbons (Fsp3) is 0.414. The van der Waals surface area contributed by atoms with E-state index < -0.39 is 12.0 Å². The van der Waals surface area contributed by atoms with Crippen LogP contribution in [0.1, 0.15) is 48.4 Å². The number of hydrogen-bond acceptors (Lipinski definition) is 6. The first-order chi connectivity index (χ1) is 18.9. The Morgan fingerprint density at radius 3 is 2.74 bits per heavy atom. The van der Waals surface area contributed by atoms with Crippen molar-refractivity contribution in [3.63, 3.8) is 0 Å². The molecule has 0 spiro atoms. The fourth-order valence-corrected chi connectivity index (χ4v) is 5.69. The Balaban J connectivity index is 1.17. The van der Waals surface area contributed by atoms with Crippen LogP contribution in [0.5, 0.6) is 0 Å². The summed E-state index contributed by atoms with van der Waals surface area (Å²) >= 11 is 0. The Kier molecular flexibility index (Phi) is 6.64. The van der Waals surface area contributed by atoms with Gasteiger partial charge in [0.25, 0.3) is 5.91 Å². The topological polar surface area (TPSA) is 112 Å². The van der Waals surface area contributed by atoms with Crippen molar-refractivity contribution in [2.45, 2.75) is 45.2 Å². The third kappa shape index (κ3) is 5.16. The maximum atomic E-state index is 13.6. The number of amides is 3. The average molecular weight is 528 g/mol. The van der Waals surface area contributed by atoms with E-state index in [1.54, 1.807) is 29.1 Å². The molecular formula is C29H33N7O3. The van der Waals surface area contributed by atoms with Crippen molar-refractivity contribution < 1.29 is 14.4 Å². The number of aromatic nitrogens is 3. The van der Waals surface area contributed by atoms with Crippen molar-refractivity contribution in [1.82, 2.24) is 30.1 Å². The third-order valence-corrected chi connectivity index (χ3v) is 7.89. The zero-order chi connectivity index (χ0) is 27.1. The molecular weight excluding hydrogens is 494 g/mol. The molecule has 202 valence electrons. The number of nitrogens with one attached hydrogen (secondary N) is 2. The molecule has 10 nitrogen and oxygen atoms in total. The van der Waals surface area contributed by atoms with Crippen LogP contribution in [-0.2, 0) is 28.0 Å². The predicted molar refractivity (Wildman–Crippen MR) is 145 cm³/mol. The zero-order valence-corrected chi connectivity index (χ0v) is 22.3. The number of rotatable bonds is 7. The number of carbonyl (C=O) groups is 3. The summed E-state index contributed by atoms with van der Waals surface area (Å²) in [6, 6.07) is 10.8. The van der Waals surface area contributed by atoms with Gasteiger partial charge in [-0.15, -0.1) is 0 Å². The highest BCUT2D eigenvalue weighted by Gasteiger charge is 2.42. The molecule has 2 atom stereocenters. The van der Waals surface area contributed by atoms with Crippen molar-refractivity contribution in [2.24, 2.45) is 18.9 Å². The number of fused-ring (bicyclic) bond motifs is 2. The molecule has 2 N–H and O–H groups in total. The van der Waals surface area contributed by atoms with Crippen LogP contribution in [0.25, 0.3) is 11.3 Å². The van der Waals surface area contributed by atoms with E-state index in [9.17, 15) is 14.4 Å². The van der Waals surface area contributed by atoms with Crippen molar-refractivity contribution in [3.05, 3.63) is 65.5 Å². The zero-order valence-electron chi connectivity index (χ0n) is 22.3. The van der Waals surface area contributed by atoms with Gasteiger partial charge in [0.15, 0.2) is 0 Å². The fourth-order valence-electron chi connectivity index (χ4n) is 5.69. The lowest BCUT2D eigenvalue weighted by atomic mass is 9.95. The summed E-state index contributed by atoms with van der Waals surface area (Å²) in [6.07, 6.45) is 6.27. The van der Waals surface area contributed by atoms with Crippen LogP contribution >= 0.6 is 0 Å².